The molecule has 0 radical (unpaired) electrons. The summed E-state index contributed by atoms with van der Waals surface area (Å²) in [5.74, 6) is -0.397. The first kappa shape index (κ1) is 28.4. The number of carbonyl (C=O) groups is 2. The molecule has 0 aliphatic rings. The van der Waals surface area contributed by atoms with E-state index in [9.17, 15) is 18.0 Å². The molecule has 2 aromatic rings. The lowest BCUT2D eigenvalue weighted by molar-refractivity contribution is -0.140. The summed E-state index contributed by atoms with van der Waals surface area (Å²) >= 11 is 0. The predicted molar refractivity (Wildman–Crippen MR) is 142 cm³/mol. The van der Waals surface area contributed by atoms with Crippen LogP contribution < -0.4 is 9.62 Å². The molecule has 0 saturated carbocycles. The third-order valence-electron chi connectivity index (χ3n) is 6.13. The fraction of sp³-hybridized carbons (Fsp3) is 0.481. The summed E-state index contributed by atoms with van der Waals surface area (Å²) in [6.45, 7) is 12.0. The van der Waals surface area contributed by atoms with E-state index in [0.717, 1.165) is 32.8 Å². The van der Waals surface area contributed by atoms with Crippen molar-refractivity contribution >= 4 is 27.5 Å². The third-order valence-corrected chi connectivity index (χ3v) is 7.27. The maximum absolute atomic E-state index is 13.7. The lowest BCUT2D eigenvalue weighted by atomic mass is 10.1. The van der Waals surface area contributed by atoms with E-state index < -0.39 is 22.0 Å². The molecule has 2 rings (SSSR count). The van der Waals surface area contributed by atoms with E-state index in [4.69, 9.17) is 0 Å². The monoisotopic (exact) mass is 501 g/mol. The number of hydrogen-bond donors (Lipinski definition) is 1. The Morgan fingerprint density at radius 3 is 2.17 bits per heavy atom. The maximum atomic E-state index is 13.7. The summed E-state index contributed by atoms with van der Waals surface area (Å²) in [4.78, 5) is 28.3. The van der Waals surface area contributed by atoms with Gasteiger partial charge in [-0.05, 0) is 67.5 Å². The van der Waals surface area contributed by atoms with Gasteiger partial charge in [-0.25, -0.2) is 8.42 Å². The number of nitrogens with zero attached hydrogens (tertiary/aromatic N) is 2. The van der Waals surface area contributed by atoms with Crippen LogP contribution in [0, 0.1) is 26.7 Å². The van der Waals surface area contributed by atoms with Crippen LogP contribution in [0.25, 0.3) is 0 Å². The van der Waals surface area contributed by atoms with Gasteiger partial charge in [0.1, 0.15) is 12.6 Å². The smallest absolute Gasteiger partial charge is 0.244 e. The van der Waals surface area contributed by atoms with Crippen molar-refractivity contribution < 1.29 is 18.0 Å². The molecule has 0 saturated heterocycles. The Morgan fingerprint density at radius 2 is 1.63 bits per heavy atom. The molecule has 2 aromatic carbocycles. The Bertz CT molecular complexity index is 1140. The van der Waals surface area contributed by atoms with Crippen LogP contribution in [0.3, 0.4) is 0 Å². The first-order chi connectivity index (χ1) is 16.3. The topological polar surface area (TPSA) is 86.8 Å². The van der Waals surface area contributed by atoms with Crippen molar-refractivity contribution in [3.63, 3.8) is 0 Å². The lowest BCUT2D eigenvalue weighted by Gasteiger charge is -2.33. The van der Waals surface area contributed by atoms with E-state index in [0.29, 0.717) is 18.7 Å². The number of hydrogen-bond acceptors (Lipinski definition) is 4. The zero-order valence-electron chi connectivity index (χ0n) is 22.0. The van der Waals surface area contributed by atoms with E-state index in [1.165, 1.54) is 4.90 Å². The maximum Gasteiger partial charge on any atom is 0.244 e. The van der Waals surface area contributed by atoms with Gasteiger partial charge in [-0.1, -0.05) is 51.1 Å². The van der Waals surface area contributed by atoms with Gasteiger partial charge in [0.2, 0.25) is 21.8 Å². The van der Waals surface area contributed by atoms with Crippen molar-refractivity contribution in [3.05, 3.63) is 64.7 Å². The molecule has 0 aliphatic heterocycles. The van der Waals surface area contributed by atoms with E-state index in [1.54, 1.807) is 12.1 Å². The van der Waals surface area contributed by atoms with Gasteiger partial charge in [-0.3, -0.25) is 13.9 Å². The molecule has 1 atom stereocenters. The van der Waals surface area contributed by atoms with Crippen LogP contribution in [0.4, 0.5) is 5.69 Å². The average molecular weight is 502 g/mol. The molecule has 35 heavy (non-hydrogen) atoms. The molecular formula is C27H39N3O4S. The predicted octanol–water partition coefficient (Wildman–Crippen LogP) is 3.96. The van der Waals surface area contributed by atoms with Crippen molar-refractivity contribution in [3.8, 4) is 0 Å². The minimum Gasteiger partial charge on any atom is -0.354 e. The molecule has 0 spiro atoms. The number of aryl methyl sites for hydroxylation is 3. The molecule has 192 valence electrons. The molecule has 0 heterocycles. The summed E-state index contributed by atoms with van der Waals surface area (Å²) in [6, 6.07) is 12.3. The fourth-order valence-electron chi connectivity index (χ4n) is 3.81. The number of benzene rings is 2. The summed E-state index contributed by atoms with van der Waals surface area (Å²) in [7, 11) is -3.75. The Labute approximate surface area is 210 Å². The minimum atomic E-state index is -3.75. The van der Waals surface area contributed by atoms with Gasteiger partial charge < -0.3 is 10.2 Å². The Morgan fingerprint density at radius 1 is 0.971 bits per heavy atom. The molecular weight excluding hydrogens is 462 g/mol. The van der Waals surface area contributed by atoms with Crippen molar-refractivity contribution in [2.45, 2.75) is 60.5 Å². The lowest BCUT2D eigenvalue weighted by Crippen LogP contribution is -2.52. The van der Waals surface area contributed by atoms with E-state index in [1.807, 2.05) is 71.9 Å². The van der Waals surface area contributed by atoms with Crippen LogP contribution in [-0.2, 0) is 26.2 Å². The summed E-state index contributed by atoms with van der Waals surface area (Å²) < 4.78 is 26.6. The van der Waals surface area contributed by atoms with Crippen LogP contribution in [0.15, 0.2) is 42.5 Å². The van der Waals surface area contributed by atoms with Crippen LogP contribution in [0.5, 0.6) is 0 Å². The van der Waals surface area contributed by atoms with Gasteiger partial charge in [0.25, 0.3) is 0 Å². The molecule has 0 aromatic heterocycles. The standard InChI is InChI=1S/C27H39N3O4S/c1-8-25(27(32)28-16-19(2)3)29(17-23-12-10-9-11-21(23)5)26(31)18-30(35(7,33)34)24-14-13-20(4)22(6)15-24/h9-15,19,25H,8,16-18H2,1-7H3,(H,28,32). The van der Waals surface area contributed by atoms with Crippen molar-refractivity contribution in [2.75, 3.05) is 23.7 Å². The van der Waals surface area contributed by atoms with E-state index in [2.05, 4.69) is 5.32 Å². The van der Waals surface area contributed by atoms with Crippen LogP contribution in [-0.4, -0.2) is 50.5 Å². The van der Waals surface area contributed by atoms with Gasteiger partial charge >= 0.3 is 0 Å². The molecule has 1 unspecified atom stereocenters. The molecule has 1 N–H and O–H groups in total. The van der Waals surface area contributed by atoms with E-state index >= 15 is 0 Å². The molecule has 7 nitrogen and oxygen atoms in total. The second-order valence-electron chi connectivity index (χ2n) is 9.55. The summed E-state index contributed by atoms with van der Waals surface area (Å²) in [5.41, 5.74) is 4.30. The molecule has 8 heteroatoms. The number of sulfonamides is 1. The van der Waals surface area contributed by atoms with Crippen LogP contribution in [0.2, 0.25) is 0 Å². The number of amides is 2. The first-order valence-electron chi connectivity index (χ1n) is 12.0. The quantitative estimate of drug-likeness (QED) is 0.505. The van der Waals surface area contributed by atoms with Gasteiger partial charge in [0.05, 0.1) is 11.9 Å². The van der Waals surface area contributed by atoms with Crippen LogP contribution in [0.1, 0.15) is 49.4 Å². The first-order valence-corrected chi connectivity index (χ1v) is 13.9. The largest absolute Gasteiger partial charge is 0.354 e. The summed E-state index contributed by atoms with van der Waals surface area (Å²) in [5, 5.41) is 2.93. The average Bonchev–Trinajstić information content (AvgIpc) is 2.78. The minimum absolute atomic E-state index is 0.212. The third kappa shape index (κ3) is 7.82. The molecule has 0 bridgehead atoms. The van der Waals surface area contributed by atoms with Gasteiger partial charge in [-0.15, -0.1) is 0 Å². The Balaban J connectivity index is 2.45. The van der Waals surface area contributed by atoms with Gasteiger partial charge in [0.15, 0.2) is 0 Å². The molecule has 0 fully saturated rings. The van der Waals surface area contributed by atoms with E-state index in [-0.39, 0.29) is 24.9 Å². The highest BCUT2D eigenvalue weighted by Crippen LogP contribution is 2.23. The van der Waals surface area contributed by atoms with Gasteiger partial charge in [0, 0.05) is 13.1 Å². The van der Waals surface area contributed by atoms with Crippen molar-refractivity contribution in [1.29, 1.82) is 0 Å². The second-order valence-corrected chi connectivity index (χ2v) is 11.5. The Hall–Kier alpha value is -2.87. The zero-order chi connectivity index (χ0) is 26.3. The SMILES string of the molecule is CCC(C(=O)NCC(C)C)N(Cc1ccccc1C)C(=O)CN(c1ccc(C)c(C)c1)S(C)(=O)=O. The number of carbonyl (C=O) groups excluding carboxylic acids is 2. The number of nitrogens with one attached hydrogen (secondary N) is 1. The number of anilines is 1. The van der Waals surface area contributed by atoms with Gasteiger partial charge in [-0.2, -0.15) is 0 Å². The second kappa shape index (κ2) is 12.2. The van der Waals surface area contributed by atoms with Crippen molar-refractivity contribution in [1.82, 2.24) is 10.2 Å². The highest BCUT2D eigenvalue weighted by molar-refractivity contribution is 7.92. The Kier molecular flexibility index (Phi) is 9.89. The van der Waals surface area contributed by atoms with Crippen LogP contribution >= 0.6 is 0 Å². The highest BCUT2D eigenvalue weighted by atomic mass is 32.2. The van der Waals surface area contributed by atoms with Crippen molar-refractivity contribution in [2.24, 2.45) is 5.92 Å². The fourth-order valence-corrected chi connectivity index (χ4v) is 4.65. The summed E-state index contributed by atoms with van der Waals surface area (Å²) in [6.07, 6.45) is 1.50. The molecule has 0 aliphatic carbocycles. The zero-order valence-corrected chi connectivity index (χ0v) is 22.8. The highest BCUT2D eigenvalue weighted by Gasteiger charge is 2.32. The number of rotatable bonds is 11. The molecule has 2 amide bonds. The normalized spacial score (nSPS) is 12.3.